The van der Waals surface area contributed by atoms with Crippen molar-refractivity contribution in [2.75, 3.05) is 5.73 Å². The second-order valence-corrected chi connectivity index (χ2v) is 3.32. The number of nitrogens with two attached hydrogens (primary N) is 1. The van der Waals surface area contributed by atoms with Crippen LogP contribution in [0.15, 0.2) is 18.2 Å². The van der Waals surface area contributed by atoms with Gasteiger partial charge >= 0.3 is 7.12 Å². The van der Waals surface area contributed by atoms with Crippen LogP contribution in [0.2, 0.25) is 0 Å². The molecule has 0 spiro atoms. The predicted molar refractivity (Wildman–Crippen MR) is 53.4 cm³/mol. The summed E-state index contributed by atoms with van der Waals surface area (Å²) < 4.78 is 0.762. The fourth-order valence-corrected chi connectivity index (χ4v) is 1.57. The summed E-state index contributed by atoms with van der Waals surface area (Å²) in [5.74, 6) is 0. The van der Waals surface area contributed by atoms with Crippen LogP contribution in [0.1, 0.15) is 0 Å². The van der Waals surface area contributed by atoms with Crippen LogP contribution in [0.25, 0.3) is 0 Å². The molecule has 0 aliphatic carbocycles. The number of hydrogen-bond donors (Lipinski definition) is 3. The molecular formula is C6H7BINO2. The van der Waals surface area contributed by atoms with Crippen molar-refractivity contribution in [1.29, 1.82) is 0 Å². The van der Waals surface area contributed by atoms with Gasteiger partial charge in [0, 0.05) is 9.26 Å². The summed E-state index contributed by atoms with van der Waals surface area (Å²) in [7, 11) is -1.41. The van der Waals surface area contributed by atoms with E-state index in [9.17, 15) is 0 Å². The monoisotopic (exact) mass is 263 g/mol. The Balaban J connectivity index is 3.09. The van der Waals surface area contributed by atoms with Gasteiger partial charge in [-0.05, 0) is 40.2 Å². The second kappa shape index (κ2) is 3.42. The third-order valence-corrected chi connectivity index (χ3v) is 2.24. The van der Waals surface area contributed by atoms with E-state index in [4.69, 9.17) is 15.8 Å². The van der Waals surface area contributed by atoms with E-state index in [2.05, 4.69) is 0 Å². The molecule has 5 heteroatoms. The van der Waals surface area contributed by atoms with Crippen molar-refractivity contribution >= 4 is 40.9 Å². The molecule has 3 nitrogen and oxygen atoms in total. The van der Waals surface area contributed by atoms with Gasteiger partial charge in [0.25, 0.3) is 0 Å². The van der Waals surface area contributed by atoms with Gasteiger partial charge in [0.15, 0.2) is 0 Å². The SMILES string of the molecule is Nc1ccc(B(O)O)c(I)c1. The molecule has 0 aliphatic heterocycles. The molecule has 0 bridgehead atoms. The lowest BCUT2D eigenvalue weighted by Gasteiger charge is -2.02. The number of hydrogen-bond acceptors (Lipinski definition) is 3. The van der Waals surface area contributed by atoms with Crippen molar-refractivity contribution in [3.05, 3.63) is 21.8 Å². The Labute approximate surface area is 78.5 Å². The standard InChI is InChI=1S/C6H7BINO2/c8-6-3-4(9)1-2-5(6)7(10)11/h1-3,10-11H,9H2. The average Bonchev–Trinajstić information content (AvgIpc) is 1.85. The largest absolute Gasteiger partial charge is 0.489 e. The van der Waals surface area contributed by atoms with Gasteiger partial charge in [-0.1, -0.05) is 6.07 Å². The van der Waals surface area contributed by atoms with E-state index in [1.165, 1.54) is 0 Å². The molecule has 0 aliphatic rings. The summed E-state index contributed by atoms with van der Waals surface area (Å²) in [6, 6.07) is 4.92. The lowest BCUT2D eigenvalue weighted by Crippen LogP contribution is -2.32. The molecule has 1 rings (SSSR count). The molecule has 0 unspecified atom stereocenters. The van der Waals surface area contributed by atoms with E-state index in [1.807, 2.05) is 22.6 Å². The zero-order valence-electron chi connectivity index (χ0n) is 5.66. The van der Waals surface area contributed by atoms with Crippen LogP contribution in [0.4, 0.5) is 5.69 Å². The number of nitrogen functional groups attached to an aromatic ring is 1. The minimum Gasteiger partial charge on any atom is -0.423 e. The van der Waals surface area contributed by atoms with Crippen LogP contribution >= 0.6 is 22.6 Å². The molecule has 0 atom stereocenters. The van der Waals surface area contributed by atoms with E-state index in [1.54, 1.807) is 18.2 Å². The Hall–Kier alpha value is -0.265. The molecule has 0 aromatic heterocycles. The van der Waals surface area contributed by atoms with Crippen molar-refractivity contribution in [2.45, 2.75) is 0 Å². The number of halogens is 1. The summed E-state index contributed by atoms with van der Waals surface area (Å²) in [5, 5.41) is 17.6. The third kappa shape index (κ3) is 2.08. The molecule has 0 heterocycles. The molecule has 58 valence electrons. The number of anilines is 1. The van der Waals surface area contributed by atoms with Gasteiger partial charge in [-0.15, -0.1) is 0 Å². The topological polar surface area (TPSA) is 66.5 Å². The minimum absolute atomic E-state index is 0.486. The summed E-state index contributed by atoms with van der Waals surface area (Å²) >= 11 is 2.00. The van der Waals surface area contributed by atoms with E-state index in [0.29, 0.717) is 11.2 Å². The van der Waals surface area contributed by atoms with Gasteiger partial charge < -0.3 is 15.8 Å². The van der Waals surface area contributed by atoms with Crippen molar-refractivity contribution < 1.29 is 10.0 Å². The molecule has 11 heavy (non-hydrogen) atoms. The van der Waals surface area contributed by atoms with Crippen LogP contribution in [0.5, 0.6) is 0 Å². The summed E-state index contributed by atoms with van der Waals surface area (Å²) in [6.07, 6.45) is 0. The normalized spacial score (nSPS) is 9.73. The van der Waals surface area contributed by atoms with Crippen LogP contribution in [-0.2, 0) is 0 Å². The molecule has 4 N–H and O–H groups in total. The highest BCUT2D eigenvalue weighted by molar-refractivity contribution is 14.1. The smallest absolute Gasteiger partial charge is 0.423 e. The molecule has 0 amide bonds. The second-order valence-electron chi connectivity index (χ2n) is 2.15. The fourth-order valence-electron chi connectivity index (χ4n) is 0.753. The number of benzene rings is 1. The summed E-state index contributed by atoms with van der Waals surface area (Å²) in [5.41, 5.74) is 6.57. The Kier molecular flexibility index (Phi) is 2.75. The minimum atomic E-state index is -1.41. The predicted octanol–water partition coefficient (Wildman–Crippen LogP) is -0.447. The maximum Gasteiger partial charge on any atom is 0.489 e. The molecule has 0 fully saturated rings. The van der Waals surface area contributed by atoms with Gasteiger partial charge in [0.2, 0.25) is 0 Å². The zero-order chi connectivity index (χ0) is 8.43. The van der Waals surface area contributed by atoms with Gasteiger partial charge in [-0.25, -0.2) is 0 Å². The highest BCUT2D eigenvalue weighted by Gasteiger charge is 2.13. The molecule has 1 aromatic carbocycles. The van der Waals surface area contributed by atoms with E-state index in [0.717, 1.165) is 3.57 Å². The van der Waals surface area contributed by atoms with Gasteiger partial charge in [-0.2, -0.15) is 0 Å². The van der Waals surface area contributed by atoms with Gasteiger partial charge in [-0.3, -0.25) is 0 Å². The van der Waals surface area contributed by atoms with E-state index < -0.39 is 7.12 Å². The van der Waals surface area contributed by atoms with Crippen LogP contribution in [0, 0.1) is 3.57 Å². The van der Waals surface area contributed by atoms with Crippen molar-refractivity contribution in [3.8, 4) is 0 Å². The van der Waals surface area contributed by atoms with Crippen molar-refractivity contribution in [1.82, 2.24) is 0 Å². The Bertz CT molecular complexity index is 267. The molecule has 0 saturated heterocycles. The van der Waals surface area contributed by atoms with Crippen molar-refractivity contribution in [2.24, 2.45) is 0 Å². The van der Waals surface area contributed by atoms with Crippen LogP contribution in [-0.4, -0.2) is 17.2 Å². The van der Waals surface area contributed by atoms with E-state index >= 15 is 0 Å². The zero-order valence-corrected chi connectivity index (χ0v) is 7.82. The first kappa shape index (κ1) is 8.83. The summed E-state index contributed by atoms with van der Waals surface area (Å²) in [4.78, 5) is 0. The third-order valence-electron chi connectivity index (χ3n) is 1.30. The fraction of sp³-hybridized carbons (Fsp3) is 0. The number of rotatable bonds is 1. The summed E-state index contributed by atoms with van der Waals surface area (Å²) in [6.45, 7) is 0. The van der Waals surface area contributed by atoms with Crippen LogP contribution in [0.3, 0.4) is 0 Å². The molecular weight excluding hydrogens is 256 g/mol. The first-order chi connectivity index (χ1) is 5.11. The Morgan fingerprint density at radius 3 is 2.45 bits per heavy atom. The first-order valence-electron chi connectivity index (χ1n) is 3.02. The van der Waals surface area contributed by atoms with Crippen LogP contribution < -0.4 is 11.2 Å². The Morgan fingerprint density at radius 1 is 1.36 bits per heavy atom. The molecule has 1 aromatic rings. The maximum absolute atomic E-state index is 8.81. The van der Waals surface area contributed by atoms with E-state index in [-0.39, 0.29) is 0 Å². The maximum atomic E-state index is 8.81. The molecule has 0 saturated carbocycles. The van der Waals surface area contributed by atoms with Gasteiger partial charge in [0.1, 0.15) is 0 Å². The highest BCUT2D eigenvalue weighted by atomic mass is 127. The lowest BCUT2D eigenvalue weighted by molar-refractivity contribution is 0.425. The molecule has 0 radical (unpaired) electrons. The van der Waals surface area contributed by atoms with Gasteiger partial charge in [0.05, 0.1) is 0 Å². The first-order valence-corrected chi connectivity index (χ1v) is 4.10. The lowest BCUT2D eigenvalue weighted by atomic mass is 9.80. The quantitative estimate of drug-likeness (QED) is 0.365. The van der Waals surface area contributed by atoms with Crippen molar-refractivity contribution in [3.63, 3.8) is 0 Å². The highest BCUT2D eigenvalue weighted by Crippen LogP contribution is 2.07. The Morgan fingerprint density at radius 2 is 2.00 bits per heavy atom. The average molecular weight is 263 g/mol.